The topological polar surface area (TPSA) is 71.2 Å². The predicted octanol–water partition coefficient (Wildman–Crippen LogP) is 2.60. The zero-order valence-corrected chi connectivity index (χ0v) is 14.3. The summed E-state index contributed by atoms with van der Waals surface area (Å²) in [5, 5.41) is 13.2. The molecule has 1 saturated heterocycles. The molecule has 0 aliphatic carbocycles. The van der Waals surface area contributed by atoms with Gasteiger partial charge in [0, 0.05) is 18.9 Å². The van der Waals surface area contributed by atoms with Gasteiger partial charge in [-0.05, 0) is 50.5 Å². The van der Waals surface area contributed by atoms with E-state index in [1.807, 2.05) is 21.8 Å². The lowest BCUT2D eigenvalue weighted by Gasteiger charge is -2.37. The molecule has 130 valence electrons. The van der Waals surface area contributed by atoms with Crippen molar-refractivity contribution in [1.82, 2.24) is 14.7 Å². The first kappa shape index (κ1) is 17.0. The SMILES string of the molecule is CC(Oc1cccc(C#N)c1)C(=O)N1CCCCC1Cn1cccn1. The van der Waals surface area contributed by atoms with Gasteiger partial charge >= 0.3 is 0 Å². The molecule has 6 heteroatoms. The number of aromatic nitrogens is 2. The van der Waals surface area contributed by atoms with Crippen LogP contribution >= 0.6 is 0 Å². The highest BCUT2D eigenvalue weighted by atomic mass is 16.5. The summed E-state index contributed by atoms with van der Waals surface area (Å²) < 4.78 is 7.66. The summed E-state index contributed by atoms with van der Waals surface area (Å²) in [5.41, 5.74) is 0.520. The quantitative estimate of drug-likeness (QED) is 0.840. The van der Waals surface area contributed by atoms with Crippen LogP contribution in [0.3, 0.4) is 0 Å². The summed E-state index contributed by atoms with van der Waals surface area (Å²) in [6, 6.07) is 11.0. The lowest BCUT2D eigenvalue weighted by atomic mass is 10.0. The molecule has 2 atom stereocenters. The lowest BCUT2D eigenvalue weighted by Crippen LogP contribution is -2.50. The minimum Gasteiger partial charge on any atom is -0.481 e. The molecule has 1 aromatic carbocycles. The van der Waals surface area contributed by atoms with E-state index in [0.717, 1.165) is 25.8 Å². The van der Waals surface area contributed by atoms with E-state index in [4.69, 9.17) is 10.00 Å². The van der Waals surface area contributed by atoms with Gasteiger partial charge in [-0.3, -0.25) is 9.48 Å². The Morgan fingerprint density at radius 1 is 1.44 bits per heavy atom. The van der Waals surface area contributed by atoms with Gasteiger partial charge in [-0.25, -0.2) is 0 Å². The maximum absolute atomic E-state index is 12.9. The molecule has 6 nitrogen and oxygen atoms in total. The van der Waals surface area contributed by atoms with Crippen LogP contribution in [0, 0.1) is 11.3 Å². The second-order valence-corrected chi connectivity index (χ2v) is 6.31. The predicted molar refractivity (Wildman–Crippen MR) is 92.8 cm³/mol. The van der Waals surface area contributed by atoms with Crippen LogP contribution in [0.4, 0.5) is 0 Å². The summed E-state index contributed by atoms with van der Waals surface area (Å²) in [6.07, 6.45) is 6.19. The first-order valence-corrected chi connectivity index (χ1v) is 8.62. The van der Waals surface area contributed by atoms with E-state index >= 15 is 0 Å². The number of piperidine rings is 1. The molecule has 1 aliphatic rings. The molecule has 2 heterocycles. The summed E-state index contributed by atoms with van der Waals surface area (Å²) in [7, 11) is 0. The van der Waals surface area contributed by atoms with Crippen molar-refractivity contribution in [2.75, 3.05) is 6.54 Å². The minimum absolute atomic E-state index is 0.0146. The Balaban J connectivity index is 1.67. The first-order chi connectivity index (χ1) is 12.2. The van der Waals surface area contributed by atoms with E-state index < -0.39 is 6.10 Å². The number of likely N-dealkylation sites (tertiary alicyclic amines) is 1. The van der Waals surface area contributed by atoms with Crippen molar-refractivity contribution < 1.29 is 9.53 Å². The maximum Gasteiger partial charge on any atom is 0.263 e. The van der Waals surface area contributed by atoms with Crippen molar-refractivity contribution >= 4 is 5.91 Å². The molecule has 0 N–H and O–H groups in total. The van der Waals surface area contributed by atoms with Gasteiger partial charge < -0.3 is 9.64 Å². The number of hydrogen-bond donors (Lipinski definition) is 0. The molecular formula is C19H22N4O2. The lowest BCUT2D eigenvalue weighted by molar-refractivity contribution is -0.142. The fourth-order valence-corrected chi connectivity index (χ4v) is 3.23. The van der Waals surface area contributed by atoms with Crippen molar-refractivity contribution in [3.8, 4) is 11.8 Å². The number of carbonyl (C=O) groups is 1. The normalized spacial score (nSPS) is 18.4. The zero-order valence-electron chi connectivity index (χ0n) is 14.3. The molecule has 1 aromatic heterocycles. The second-order valence-electron chi connectivity index (χ2n) is 6.31. The Hall–Kier alpha value is -2.81. The fourth-order valence-electron chi connectivity index (χ4n) is 3.23. The van der Waals surface area contributed by atoms with E-state index in [2.05, 4.69) is 11.2 Å². The first-order valence-electron chi connectivity index (χ1n) is 8.62. The third-order valence-electron chi connectivity index (χ3n) is 4.49. The number of benzene rings is 1. The van der Waals surface area contributed by atoms with Crippen LogP contribution in [0.2, 0.25) is 0 Å². The van der Waals surface area contributed by atoms with Crippen LogP contribution in [0.1, 0.15) is 31.7 Å². The van der Waals surface area contributed by atoms with E-state index in [1.165, 1.54) is 0 Å². The highest BCUT2D eigenvalue weighted by molar-refractivity contribution is 5.81. The van der Waals surface area contributed by atoms with Crippen LogP contribution in [0.5, 0.6) is 5.75 Å². The Kier molecular flexibility index (Phi) is 5.34. The van der Waals surface area contributed by atoms with Crippen LogP contribution < -0.4 is 4.74 Å². The number of ether oxygens (including phenoxy) is 1. The Bertz CT molecular complexity index is 751. The third-order valence-corrected chi connectivity index (χ3v) is 4.49. The van der Waals surface area contributed by atoms with E-state index in [1.54, 1.807) is 37.4 Å². The average molecular weight is 338 g/mol. The van der Waals surface area contributed by atoms with Crippen LogP contribution in [0.25, 0.3) is 0 Å². The molecule has 25 heavy (non-hydrogen) atoms. The molecule has 3 rings (SSSR count). The standard InChI is InChI=1S/C19H22N4O2/c1-15(25-18-8-4-6-16(12-18)13-20)19(24)23-11-3-2-7-17(23)14-22-10-5-9-21-22/h4-6,8-10,12,15,17H,2-3,7,11,14H2,1H3. The summed E-state index contributed by atoms with van der Waals surface area (Å²) in [6.45, 7) is 3.22. The highest BCUT2D eigenvalue weighted by Gasteiger charge is 2.31. The van der Waals surface area contributed by atoms with E-state index in [9.17, 15) is 4.79 Å². The minimum atomic E-state index is -0.591. The number of carbonyl (C=O) groups excluding carboxylic acids is 1. The molecule has 1 amide bonds. The van der Waals surface area contributed by atoms with Gasteiger partial charge in [-0.15, -0.1) is 0 Å². The highest BCUT2D eigenvalue weighted by Crippen LogP contribution is 2.21. The average Bonchev–Trinajstić information content (AvgIpc) is 3.15. The Morgan fingerprint density at radius 2 is 2.32 bits per heavy atom. The molecule has 0 radical (unpaired) electrons. The van der Waals surface area contributed by atoms with Gasteiger partial charge in [0.1, 0.15) is 5.75 Å². The Labute approximate surface area is 147 Å². The van der Waals surface area contributed by atoms with E-state index in [-0.39, 0.29) is 11.9 Å². The Morgan fingerprint density at radius 3 is 3.08 bits per heavy atom. The van der Waals surface area contributed by atoms with Gasteiger partial charge in [0.05, 0.1) is 24.2 Å². The molecule has 0 saturated carbocycles. The molecule has 0 spiro atoms. The van der Waals surface area contributed by atoms with Gasteiger partial charge in [-0.2, -0.15) is 10.4 Å². The molecule has 2 aromatic rings. The van der Waals surface area contributed by atoms with Crippen molar-refractivity contribution in [3.63, 3.8) is 0 Å². The molecule has 2 unspecified atom stereocenters. The molecule has 0 bridgehead atoms. The van der Waals surface area contributed by atoms with Gasteiger partial charge in [0.25, 0.3) is 5.91 Å². The number of nitrogens with zero attached hydrogens (tertiary/aromatic N) is 4. The fraction of sp³-hybridized carbons (Fsp3) is 0.421. The van der Waals surface area contributed by atoms with Crippen molar-refractivity contribution in [2.24, 2.45) is 0 Å². The molecular weight excluding hydrogens is 316 g/mol. The zero-order chi connectivity index (χ0) is 17.6. The molecule has 1 aliphatic heterocycles. The van der Waals surface area contributed by atoms with Crippen molar-refractivity contribution in [2.45, 2.75) is 44.9 Å². The summed E-state index contributed by atoms with van der Waals surface area (Å²) in [5.74, 6) is 0.528. The number of amides is 1. The second kappa shape index (κ2) is 7.84. The van der Waals surface area contributed by atoms with Gasteiger partial charge in [0.2, 0.25) is 0 Å². The molecule has 1 fully saturated rings. The third kappa shape index (κ3) is 4.18. The van der Waals surface area contributed by atoms with Crippen LogP contribution in [-0.2, 0) is 11.3 Å². The smallest absolute Gasteiger partial charge is 0.263 e. The summed E-state index contributed by atoms with van der Waals surface area (Å²) >= 11 is 0. The summed E-state index contributed by atoms with van der Waals surface area (Å²) in [4.78, 5) is 14.8. The van der Waals surface area contributed by atoms with Crippen LogP contribution in [0.15, 0.2) is 42.7 Å². The van der Waals surface area contributed by atoms with Gasteiger partial charge in [0.15, 0.2) is 6.10 Å². The van der Waals surface area contributed by atoms with E-state index in [0.29, 0.717) is 17.9 Å². The number of nitriles is 1. The monoisotopic (exact) mass is 338 g/mol. The number of hydrogen-bond acceptors (Lipinski definition) is 4. The number of rotatable bonds is 5. The maximum atomic E-state index is 12.9. The van der Waals surface area contributed by atoms with Crippen molar-refractivity contribution in [1.29, 1.82) is 5.26 Å². The van der Waals surface area contributed by atoms with Crippen molar-refractivity contribution in [3.05, 3.63) is 48.3 Å². The van der Waals surface area contributed by atoms with Crippen LogP contribution in [-0.4, -0.2) is 39.3 Å². The van der Waals surface area contributed by atoms with Gasteiger partial charge in [-0.1, -0.05) is 6.07 Å². The largest absolute Gasteiger partial charge is 0.481 e.